The average molecular weight is 294 g/mol. The van der Waals surface area contributed by atoms with Gasteiger partial charge in [-0.2, -0.15) is 9.89 Å². The van der Waals surface area contributed by atoms with Crippen LogP contribution < -0.4 is 11.3 Å². The van der Waals surface area contributed by atoms with E-state index in [1.54, 1.807) is 4.57 Å². The third kappa shape index (κ3) is 2.17. The van der Waals surface area contributed by atoms with Crippen molar-refractivity contribution >= 4 is 17.1 Å². The zero-order valence-corrected chi connectivity index (χ0v) is 11.0. The first-order valence-electron chi connectivity index (χ1n) is 6.39. The van der Waals surface area contributed by atoms with Crippen LogP contribution in [0.2, 0.25) is 0 Å². The maximum atomic E-state index is 11.7. The molecule has 0 spiro atoms. The second-order valence-corrected chi connectivity index (χ2v) is 5.01. The number of nitrogens with two attached hydrogens (primary N) is 1. The fourth-order valence-electron chi connectivity index (χ4n) is 2.54. The Morgan fingerprint density at radius 1 is 1.67 bits per heavy atom. The molecule has 0 aliphatic carbocycles. The van der Waals surface area contributed by atoms with Crippen LogP contribution in [0.15, 0.2) is 16.3 Å². The van der Waals surface area contributed by atoms with Gasteiger partial charge >= 0.3 is 0 Å². The minimum atomic E-state index is -0.990. The minimum absolute atomic E-state index is 0.0183. The van der Waals surface area contributed by atoms with Crippen molar-refractivity contribution in [3.63, 3.8) is 0 Å². The Hall–Kier alpha value is -2.33. The number of nitrogens with zero attached hydrogens (tertiary/aromatic N) is 4. The molecule has 1 fully saturated rings. The van der Waals surface area contributed by atoms with E-state index in [1.807, 2.05) is 0 Å². The fraction of sp³-hybridized carbons (Fsp3) is 0.545. The van der Waals surface area contributed by atoms with Crippen LogP contribution in [0.5, 0.6) is 0 Å². The van der Waals surface area contributed by atoms with Crippen molar-refractivity contribution < 1.29 is 9.84 Å². The molecule has 112 valence electrons. The van der Waals surface area contributed by atoms with Crippen molar-refractivity contribution in [3.05, 3.63) is 21.6 Å². The van der Waals surface area contributed by atoms with Crippen molar-refractivity contribution in [2.45, 2.75) is 24.7 Å². The van der Waals surface area contributed by atoms with Crippen LogP contribution >= 0.6 is 0 Å². The summed E-state index contributed by atoms with van der Waals surface area (Å²) in [5.74, 6) is -0.0183. The molecule has 0 saturated carbocycles. The lowest BCUT2D eigenvalue weighted by atomic mass is 10.0. The number of nitroso groups, excluding NO2 is 1. The van der Waals surface area contributed by atoms with Gasteiger partial charge in [-0.25, -0.2) is 4.98 Å². The van der Waals surface area contributed by atoms with Gasteiger partial charge in [-0.3, -0.25) is 14.3 Å². The molecule has 21 heavy (non-hydrogen) atoms. The van der Waals surface area contributed by atoms with E-state index in [9.17, 15) is 14.8 Å². The number of fused-ring (bicyclic) bond motifs is 1. The SMILES string of the molecule is Nc1nc2c(ncn2[C@H]2CC[C@](CO)(CN=O)O2)c(=O)[nH]1. The van der Waals surface area contributed by atoms with Crippen LogP contribution in [0.1, 0.15) is 19.1 Å². The number of imidazole rings is 1. The number of H-pyrrole nitrogens is 1. The van der Waals surface area contributed by atoms with Crippen molar-refractivity contribution in [2.75, 3.05) is 18.9 Å². The molecular formula is C11H14N6O4. The van der Waals surface area contributed by atoms with Crippen molar-refractivity contribution in [2.24, 2.45) is 5.18 Å². The Labute approximate surface area is 117 Å². The van der Waals surface area contributed by atoms with E-state index in [2.05, 4.69) is 20.1 Å². The second kappa shape index (κ2) is 4.90. The number of ether oxygens (including phenoxy) is 1. The highest BCUT2D eigenvalue weighted by Crippen LogP contribution is 2.37. The first-order chi connectivity index (χ1) is 10.1. The standard InChI is InChI=1S/C11H14N6O4/c12-10-15-8-7(9(19)16-10)13-5-17(8)6-1-2-11(4-18,21-6)3-14-20/h5-6,18H,1-4H2,(H3,12,15,16,19)/t6-,11-/m1/s1. The zero-order chi connectivity index (χ0) is 15.0. The average Bonchev–Trinajstić information content (AvgIpc) is 3.04. The molecule has 0 bridgehead atoms. The van der Waals surface area contributed by atoms with Crippen LogP contribution in [-0.4, -0.2) is 43.4 Å². The molecule has 0 radical (unpaired) electrons. The topological polar surface area (TPSA) is 148 Å². The summed E-state index contributed by atoms with van der Waals surface area (Å²) in [6.45, 7) is -0.444. The summed E-state index contributed by atoms with van der Waals surface area (Å²) >= 11 is 0. The van der Waals surface area contributed by atoms with Crippen LogP contribution in [0.3, 0.4) is 0 Å². The summed E-state index contributed by atoms with van der Waals surface area (Å²) in [5.41, 5.74) is 4.57. The summed E-state index contributed by atoms with van der Waals surface area (Å²) in [7, 11) is 0. The third-order valence-corrected chi connectivity index (χ3v) is 3.63. The first kappa shape index (κ1) is 13.6. The van der Waals surface area contributed by atoms with Gasteiger partial charge in [0.1, 0.15) is 18.4 Å². The van der Waals surface area contributed by atoms with Crippen LogP contribution in [0.25, 0.3) is 11.2 Å². The lowest BCUT2D eigenvalue weighted by Crippen LogP contribution is -2.36. The third-order valence-electron chi connectivity index (χ3n) is 3.63. The van der Waals surface area contributed by atoms with Crippen molar-refractivity contribution in [1.82, 2.24) is 19.5 Å². The molecule has 1 saturated heterocycles. The van der Waals surface area contributed by atoms with E-state index in [0.717, 1.165) is 0 Å². The number of anilines is 1. The molecule has 4 N–H and O–H groups in total. The lowest BCUT2D eigenvalue weighted by Gasteiger charge is -2.24. The van der Waals surface area contributed by atoms with E-state index < -0.39 is 17.4 Å². The molecule has 10 heteroatoms. The van der Waals surface area contributed by atoms with E-state index in [0.29, 0.717) is 18.5 Å². The summed E-state index contributed by atoms with van der Waals surface area (Å²) in [4.78, 5) is 32.6. The number of rotatable bonds is 4. The number of nitrogens with one attached hydrogen (secondary N) is 1. The Morgan fingerprint density at radius 2 is 2.48 bits per heavy atom. The van der Waals surface area contributed by atoms with Gasteiger partial charge in [0.15, 0.2) is 11.2 Å². The molecule has 1 aliphatic rings. The summed E-state index contributed by atoms with van der Waals surface area (Å²) < 4.78 is 7.33. The molecule has 0 aromatic carbocycles. The number of aromatic nitrogens is 4. The predicted octanol–water partition coefficient (Wildman–Crippen LogP) is -0.492. The van der Waals surface area contributed by atoms with Gasteiger partial charge in [0.05, 0.1) is 12.9 Å². The number of hydrogen-bond donors (Lipinski definition) is 3. The Morgan fingerprint density at radius 3 is 3.19 bits per heavy atom. The number of aliphatic hydroxyl groups excluding tert-OH is 1. The number of aliphatic hydroxyl groups is 1. The van der Waals surface area contributed by atoms with Gasteiger partial charge in [-0.1, -0.05) is 5.18 Å². The molecule has 2 aromatic rings. The highest BCUT2D eigenvalue weighted by molar-refractivity contribution is 5.70. The van der Waals surface area contributed by atoms with Crippen LogP contribution in [-0.2, 0) is 4.74 Å². The van der Waals surface area contributed by atoms with E-state index >= 15 is 0 Å². The summed E-state index contributed by atoms with van der Waals surface area (Å²) in [6, 6.07) is 0. The van der Waals surface area contributed by atoms with Crippen molar-refractivity contribution in [3.8, 4) is 0 Å². The predicted molar refractivity (Wildman–Crippen MR) is 72.4 cm³/mol. The van der Waals surface area contributed by atoms with Gasteiger partial charge in [0.25, 0.3) is 5.56 Å². The smallest absolute Gasteiger partial charge is 0.280 e. The Bertz CT molecular complexity index is 740. The molecule has 0 amide bonds. The maximum absolute atomic E-state index is 11.7. The fourth-order valence-corrected chi connectivity index (χ4v) is 2.54. The quantitative estimate of drug-likeness (QED) is 0.644. The molecule has 2 aromatic heterocycles. The molecule has 2 atom stereocenters. The lowest BCUT2D eigenvalue weighted by molar-refractivity contribution is -0.0906. The summed E-state index contributed by atoms with van der Waals surface area (Å²) in [6.07, 6.45) is 1.95. The number of nitrogen functional groups attached to an aromatic ring is 1. The zero-order valence-electron chi connectivity index (χ0n) is 11.0. The van der Waals surface area contributed by atoms with Crippen molar-refractivity contribution in [1.29, 1.82) is 0 Å². The minimum Gasteiger partial charge on any atom is -0.393 e. The molecular weight excluding hydrogens is 280 g/mol. The van der Waals surface area contributed by atoms with Crippen LogP contribution in [0.4, 0.5) is 5.95 Å². The Balaban J connectivity index is 1.99. The number of hydrogen-bond acceptors (Lipinski definition) is 8. The highest BCUT2D eigenvalue weighted by Gasteiger charge is 2.41. The first-order valence-corrected chi connectivity index (χ1v) is 6.39. The van der Waals surface area contributed by atoms with Gasteiger partial charge in [0, 0.05) is 0 Å². The van der Waals surface area contributed by atoms with E-state index in [-0.39, 0.29) is 24.6 Å². The highest BCUT2D eigenvalue weighted by atomic mass is 16.5. The molecule has 3 heterocycles. The second-order valence-electron chi connectivity index (χ2n) is 5.01. The molecule has 1 aliphatic heterocycles. The van der Waals surface area contributed by atoms with E-state index in [4.69, 9.17) is 10.5 Å². The molecule has 3 rings (SSSR count). The maximum Gasteiger partial charge on any atom is 0.280 e. The van der Waals surface area contributed by atoms with Gasteiger partial charge in [-0.05, 0) is 12.8 Å². The van der Waals surface area contributed by atoms with Gasteiger partial charge in [0.2, 0.25) is 5.95 Å². The molecule has 10 nitrogen and oxygen atoms in total. The normalized spacial score (nSPS) is 25.5. The van der Waals surface area contributed by atoms with Gasteiger partial charge in [-0.15, -0.1) is 0 Å². The molecule has 0 unspecified atom stereocenters. The number of aromatic amines is 1. The largest absolute Gasteiger partial charge is 0.393 e. The monoisotopic (exact) mass is 294 g/mol. The summed E-state index contributed by atoms with van der Waals surface area (Å²) in [5, 5.41) is 12.2. The van der Waals surface area contributed by atoms with E-state index in [1.165, 1.54) is 6.33 Å². The van der Waals surface area contributed by atoms with Crippen LogP contribution in [0, 0.1) is 4.91 Å². The Kier molecular flexibility index (Phi) is 3.18. The van der Waals surface area contributed by atoms with Gasteiger partial charge < -0.3 is 15.6 Å².